The molecule has 3 aromatic rings. The number of phenolic OH excluding ortho intramolecular Hbond substituents is 2. The second-order valence-corrected chi connectivity index (χ2v) is 14.5. The zero-order chi connectivity index (χ0) is 32.7. The number of benzene rings is 2. The van der Waals surface area contributed by atoms with E-state index in [-0.39, 0.29) is 40.3 Å². The second kappa shape index (κ2) is 15.2. The minimum absolute atomic E-state index is 0.00744. The van der Waals surface area contributed by atoms with Crippen molar-refractivity contribution in [3.8, 4) is 17.2 Å². The molecule has 4 N–H and O–H groups in total. The fraction of sp³-hybridized carbons (Fsp3) is 0.500. The van der Waals surface area contributed by atoms with Crippen molar-refractivity contribution in [2.75, 3.05) is 12.4 Å². The molecular weight excluding hydrogens is 595 g/mol. The van der Waals surface area contributed by atoms with Gasteiger partial charge in [-0.15, -0.1) is 11.3 Å². The molecule has 0 aliphatic carbocycles. The number of unbranched alkanes of at least 4 members (excludes halogenated alkanes) is 1. The van der Waals surface area contributed by atoms with E-state index in [1.807, 2.05) is 6.07 Å². The molecule has 44 heavy (non-hydrogen) atoms. The summed E-state index contributed by atoms with van der Waals surface area (Å²) in [7, 11) is 1.57. The van der Waals surface area contributed by atoms with Gasteiger partial charge in [-0.3, -0.25) is 9.59 Å². The van der Waals surface area contributed by atoms with Gasteiger partial charge in [-0.25, -0.2) is 4.98 Å². The lowest BCUT2D eigenvalue weighted by molar-refractivity contribution is -0.123. The van der Waals surface area contributed by atoms with Crippen LogP contribution in [-0.2, 0) is 26.8 Å². The number of rotatable bonds is 15. The molecule has 0 fully saturated rings. The van der Waals surface area contributed by atoms with Gasteiger partial charge in [0.05, 0.1) is 22.7 Å². The number of nitrogens with zero attached hydrogens (tertiary/aromatic N) is 1. The quantitative estimate of drug-likeness (QED) is 0.0982. The van der Waals surface area contributed by atoms with Gasteiger partial charge in [0, 0.05) is 24.1 Å². The summed E-state index contributed by atoms with van der Waals surface area (Å²) in [4.78, 5) is 30.1. The third kappa shape index (κ3) is 8.91. The van der Waals surface area contributed by atoms with Crippen LogP contribution >= 0.6 is 23.1 Å². The predicted molar refractivity (Wildman–Crippen MR) is 179 cm³/mol. The molecule has 3 rings (SSSR count). The highest BCUT2D eigenvalue weighted by atomic mass is 32.2. The summed E-state index contributed by atoms with van der Waals surface area (Å²) in [5.41, 5.74) is 2.85. The lowest BCUT2D eigenvalue weighted by Gasteiger charge is -2.31. The van der Waals surface area contributed by atoms with E-state index in [9.17, 15) is 19.8 Å². The zero-order valence-corrected chi connectivity index (χ0v) is 28.8. The number of likely N-dealkylation sites (N-methyl/N-ethyl adjacent to an activating group) is 1. The van der Waals surface area contributed by atoms with Crippen LogP contribution in [0.5, 0.6) is 17.2 Å². The first kappa shape index (κ1) is 35.2. The van der Waals surface area contributed by atoms with Gasteiger partial charge in [0.2, 0.25) is 5.91 Å². The minimum Gasteiger partial charge on any atom is -0.507 e. The molecule has 0 aliphatic heterocycles. The normalized spacial score (nSPS) is 12.5. The standard InChI is InChI=1S/C34H47N3O5S2/c1-9-12-13-28(42-27-15-14-21(33(4,5)10-2)16-23(27)34(6,7)11-3)31(41)37-24-18-26(39)29(19-25(24)38)44-32-36-22(20-43-32)17-30(40)35-8/h14-16,18-20,28,38-39H,9-13,17H2,1-8H3,(H,35,40)(H,37,41). The van der Waals surface area contributed by atoms with Crippen LogP contribution < -0.4 is 15.4 Å². The molecule has 10 heteroatoms. The van der Waals surface area contributed by atoms with E-state index in [2.05, 4.69) is 76.2 Å². The fourth-order valence-electron chi connectivity index (χ4n) is 4.48. The summed E-state index contributed by atoms with van der Waals surface area (Å²) in [6.07, 6.45) is 3.44. The summed E-state index contributed by atoms with van der Waals surface area (Å²) in [6.45, 7) is 15.2. The third-order valence-corrected chi connectivity index (χ3v) is 10.4. The predicted octanol–water partition coefficient (Wildman–Crippen LogP) is 7.95. The third-order valence-electron chi connectivity index (χ3n) is 8.32. The van der Waals surface area contributed by atoms with Crippen molar-refractivity contribution in [2.24, 2.45) is 0 Å². The molecule has 1 aromatic heterocycles. The molecule has 0 saturated heterocycles. The summed E-state index contributed by atoms with van der Waals surface area (Å²) < 4.78 is 7.10. The van der Waals surface area contributed by atoms with Crippen molar-refractivity contribution >= 4 is 40.6 Å². The Hall–Kier alpha value is -3.24. The molecule has 0 radical (unpaired) electrons. The van der Waals surface area contributed by atoms with Crippen LogP contribution in [0.1, 0.15) is 97.4 Å². The maximum absolute atomic E-state index is 13.6. The molecule has 8 nitrogen and oxygen atoms in total. The van der Waals surface area contributed by atoms with Crippen molar-refractivity contribution in [2.45, 2.75) is 113 Å². The van der Waals surface area contributed by atoms with E-state index in [0.717, 1.165) is 31.2 Å². The number of ether oxygens (including phenoxy) is 1. The molecule has 1 unspecified atom stereocenters. The lowest BCUT2D eigenvalue weighted by atomic mass is 9.76. The summed E-state index contributed by atoms with van der Waals surface area (Å²) >= 11 is 2.51. The Bertz CT molecular complexity index is 1450. The van der Waals surface area contributed by atoms with Gasteiger partial charge >= 0.3 is 0 Å². The molecule has 0 saturated carbocycles. The first-order valence-electron chi connectivity index (χ1n) is 15.3. The van der Waals surface area contributed by atoms with E-state index in [1.54, 1.807) is 12.4 Å². The van der Waals surface area contributed by atoms with E-state index in [0.29, 0.717) is 27.1 Å². The fourth-order valence-corrected chi connectivity index (χ4v) is 6.31. The highest BCUT2D eigenvalue weighted by molar-refractivity contribution is 8.01. The number of aromatic nitrogens is 1. The number of hydrogen-bond donors (Lipinski definition) is 4. The monoisotopic (exact) mass is 641 g/mol. The van der Waals surface area contributed by atoms with Crippen LogP contribution in [0.15, 0.2) is 44.9 Å². The first-order chi connectivity index (χ1) is 20.7. The van der Waals surface area contributed by atoms with Gasteiger partial charge in [-0.05, 0) is 54.2 Å². The Kier molecular flexibility index (Phi) is 12.1. The van der Waals surface area contributed by atoms with Gasteiger partial charge < -0.3 is 25.6 Å². The Morgan fingerprint density at radius 1 is 1.02 bits per heavy atom. The number of nitrogens with one attached hydrogen (secondary N) is 2. The van der Waals surface area contributed by atoms with Gasteiger partial charge in [0.15, 0.2) is 10.4 Å². The van der Waals surface area contributed by atoms with Crippen molar-refractivity contribution < 1.29 is 24.5 Å². The second-order valence-electron chi connectivity index (χ2n) is 12.3. The number of carbonyl (C=O) groups excluding carboxylic acids is 2. The van der Waals surface area contributed by atoms with Crippen molar-refractivity contribution in [1.29, 1.82) is 0 Å². The summed E-state index contributed by atoms with van der Waals surface area (Å²) in [5.74, 6) is -0.156. The maximum atomic E-state index is 13.6. The van der Waals surface area contributed by atoms with Gasteiger partial charge in [0.1, 0.15) is 17.2 Å². The van der Waals surface area contributed by atoms with Crippen LogP contribution in [0.2, 0.25) is 0 Å². The number of amides is 2. The summed E-state index contributed by atoms with van der Waals surface area (Å²) in [6, 6.07) is 9.03. The van der Waals surface area contributed by atoms with Crippen molar-refractivity contribution in [1.82, 2.24) is 10.3 Å². The van der Waals surface area contributed by atoms with Gasteiger partial charge in [-0.2, -0.15) is 0 Å². The van der Waals surface area contributed by atoms with E-state index in [4.69, 9.17) is 4.74 Å². The number of thiazole rings is 1. The molecule has 0 spiro atoms. The lowest BCUT2D eigenvalue weighted by Crippen LogP contribution is -2.34. The SMILES string of the molecule is CCCCC(Oc1ccc(C(C)(C)CC)cc1C(C)(C)CC)C(=O)Nc1cc(O)c(Sc2nc(CC(=O)NC)cs2)cc1O. The molecule has 2 aromatic carbocycles. The number of aromatic hydroxyl groups is 2. The number of hydrogen-bond acceptors (Lipinski definition) is 8. The van der Waals surface area contributed by atoms with E-state index < -0.39 is 12.0 Å². The Labute approximate surface area is 270 Å². The average Bonchev–Trinajstić information content (AvgIpc) is 3.43. The zero-order valence-electron chi connectivity index (χ0n) is 27.2. The molecule has 0 aliphatic rings. The number of phenols is 2. The van der Waals surface area contributed by atoms with Crippen LogP contribution in [0.4, 0.5) is 5.69 Å². The first-order valence-corrected chi connectivity index (χ1v) is 17.0. The minimum atomic E-state index is -0.795. The highest BCUT2D eigenvalue weighted by Gasteiger charge is 2.29. The summed E-state index contributed by atoms with van der Waals surface area (Å²) in [5, 5.41) is 28.7. The Morgan fingerprint density at radius 2 is 1.73 bits per heavy atom. The molecular formula is C34H47N3O5S2. The molecule has 240 valence electrons. The topological polar surface area (TPSA) is 121 Å². The molecule has 0 bridgehead atoms. The van der Waals surface area contributed by atoms with E-state index >= 15 is 0 Å². The maximum Gasteiger partial charge on any atom is 0.265 e. The van der Waals surface area contributed by atoms with Crippen LogP contribution in [-0.4, -0.2) is 40.2 Å². The Balaban J connectivity index is 1.85. The largest absolute Gasteiger partial charge is 0.507 e. The molecule has 1 heterocycles. The Morgan fingerprint density at radius 3 is 2.36 bits per heavy atom. The smallest absolute Gasteiger partial charge is 0.265 e. The average molecular weight is 642 g/mol. The van der Waals surface area contributed by atoms with Crippen LogP contribution in [0, 0.1) is 0 Å². The van der Waals surface area contributed by atoms with Gasteiger partial charge in [-0.1, -0.05) is 78.8 Å². The molecule has 1 atom stereocenters. The highest BCUT2D eigenvalue weighted by Crippen LogP contribution is 2.42. The van der Waals surface area contributed by atoms with Crippen LogP contribution in [0.25, 0.3) is 0 Å². The number of carbonyl (C=O) groups is 2. The van der Waals surface area contributed by atoms with Crippen LogP contribution in [0.3, 0.4) is 0 Å². The number of anilines is 1. The van der Waals surface area contributed by atoms with Crippen molar-refractivity contribution in [3.05, 3.63) is 52.5 Å². The van der Waals surface area contributed by atoms with Crippen molar-refractivity contribution in [3.63, 3.8) is 0 Å². The molecule has 2 amide bonds. The van der Waals surface area contributed by atoms with E-state index in [1.165, 1.54) is 40.8 Å². The van der Waals surface area contributed by atoms with Gasteiger partial charge in [0.25, 0.3) is 5.91 Å².